The molecule has 0 saturated heterocycles. The van der Waals surface area contributed by atoms with Crippen LogP contribution in [0.5, 0.6) is 5.75 Å². The number of rotatable bonds is 3. The standard InChI is InChI=1S/C13H17BrN2OS/c1-3-9-6-7-18-13(15-9)16-12-8-10(17-2)4-5-11(12)14/h4-5,8-9H,3,6-7H2,1-2H3,(H,15,16). The highest BCUT2D eigenvalue weighted by Gasteiger charge is 2.15. The molecule has 1 heterocycles. The Bertz CT molecular complexity index is 451. The van der Waals surface area contributed by atoms with Crippen LogP contribution in [-0.2, 0) is 0 Å². The van der Waals surface area contributed by atoms with Gasteiger partial charge in [-0.3, -0.25) is 4.99 Å². The van der Waals surface area contributed by atoms with Crippen LogP contribution in [0.3, 0.4) is 0 Å². The second kappa shape index (κ2) is 6.48. The van der Waals surface area contributed by atoms with Crippen molar-refractivity contribution in [1.82, 2.24) is 0 Å². The maximum absolute atomic E-state index is 5.23. The Hall–Kier alpha value is -0.680. The van der Waals surface area contributed by atoms with Crippen LogP contribution in [0.1, 0.15) is 19.8 Å². The number of benzene rings is 1. The van der Waals surface area contributed by atoms with E-state index in [1.54, 1.807) is 18.9 Å². The third-order valence-electron chi connectivity index (χ3n) is 2.88. The molecule has 98 valence electrons. The molecule has 1 N–H and O–H groups in total. The SMILES string of the molecule is CCC1CCSC(Nc2cc(OC)ccc2Br)=N1. The van der Waals surface area contributed by atoms with E-state index in [-0.39, 0.29) is 0 Å². The molecule has 0 saturated carbocycles. The fourth-order valence-electron chi connectivity index (χ4n) is 1.77. The lowest BCUT2D eigenvalue weighted by molar-refractivity contribution is 0.415. The van der Waals surface area contributed by atoms with E-state index in [1.165, 1.54) is 6.42 Å². The van der Waals surface area contributed by atoms with Crippen molar-refractivity contribution in [3.05, 3.63) is 22.7 Å². The van der Waals surface area contributed by atoms with E-state index in [1.807, 2.05) is 18.2 Å². The third-order valence-corrected chi connectivity index (χ3v) is 4.49. The molecule has 1 unspecified atom stereocenters. The molecule has 18 heavy (non-hydrogen) atoms. The van der Waals surface area contributed by atoms with Gasteiger partial charge in [0.2, 0.25) is 0 Å². The highest BCUT2D eigenvalue weighted by atomic mass is 79.9. The van der Waals surface area contributed by atoms with Crippen molar-refractivity contribution in [3.8, 4) is 5.75 Å². The number of anilines is 1. The number of ether oxygens (including phenoxy) is 1. The fourth-order valence-corrected chi connectivity index (χ4v) is 3.10. The number of nitrogens with zero attached hydrogens (tertiary/aromatic N) is 1. The predicted octanol–water partition coefficient (Wildman–Crippen LogP) is 4.14. The van der Waals surface area contributed by atoms with Gasteiger partial charge in [0.25, 0.3) is 0 Å². The van der Waals surface area contributed by atoms with E-state index in [9.17, 15) is 0 Å². The minimum absolute atomic E-state index is 0.457. The smallest absolute Gasteiger partial charge is 0.161 e. The number of halogens is 1. The molecular weight excluding hydrogens is 312 g/mol. The van der Waals surface area contributed by atoms with Crippen molar-refractivity contribution in [2.24, 2.45) is 4.99 Å². The molecule has 1 atom stereocenters. The molecule has 3 nitrogen and oxygen atoms in total. The van der Waals surface area contributed by atoms with Crippen LogP contribution in [0.4, 0.5) is 5.69 Å². The summed E-state index contributed by atoms with van der Waals surface area (Å²) in [5, 5.41) is 4.38. The van der Waals surface area contributed by atoms with Gasteiger partial charge in [-0.25, -0.2) is 0 Å². The number of aliphatic imine (C=N–C) groups is 1. The Labute approximate surface area is 121 Å². The largest absolute Gasteiger partial charge is 0.497 e. The fraction of sp³-hybridized carbons (Fsp3) is 0.462. The first-order valence-electron chi connectivity index (χ1n) is 6.04. The van der Waals surface area contributed by atoms with Crippen LogP contribution in [0.25, 0.3) is 0 Å². The summed E-state index contributed by atoms with van der Waals surface area (Å²) in [7, 11) is 1.67. The Morgan fingerprint density at radius 3 is 3.11 bits per heavy atom. The van der Waals surface area contributed by atoms with Gasteiger partial charge in [-0.05, 0) is 40.9 Å². The minimum Gasteiger partial charge on any atom is -0.497 e. The number of amidine groups is 1. The zero-order valence-electron chi connectivity index (χ0n) is 10.6. The predicted molar refractivity (Wildman–Crippen MR) is 82.9 cm³/mol. The topological polar surface area (TPSA) is 33.6 Å². The van der Waals surface area contributed by atoms with Crippen LogP contribution < -0.4 is 10.1 Å². The lowest BCUT2D eigenvalue weighted by Gasteiger charge is -2.20. The van der Waals surface area contributed by atoms with Crippen LogP contribution in [0.2, 0.25) is 0 Å². The van der Waals surface area contributed by atoms with Crippen molar-refractivity contribution in [1.29, 1.82) is 0 Å². The monoisotopic (exact) mass is 328 g/mol. The summed E-state index contributed by atoms with van der Waals surface area (Å²) in [5.74, 6) is 1.97. The van der Waals surface area contributed by atoms with Crippen molar-refractivity contribution in [2.75, 3.05) is 18.2 Å². The van der Waals surface area contributed by atoms with Crippen molar-refractivity contribution in [3.63, 3.8) is 0 Å². The molecule has 0 radical (unpaired) electrons. The van der Waals surface area contributed by atoms with Crippen molar-refractivity contribution in [2.45, 2.75) is 25.8 Å². The van der Waals surface area contributed by atoms with Gasteiger partial charge in [0, 0.05) is 16.3 Å². The molecular formula is C13H17BrN2OS. The summed E-state index contributed by atoms with van der Waals surface area (Å²) in [4.78, 5) is 4.70. The van der Waals surface area contributed by atoms with Crippen LogP contribution >= 0.6 is 27.7 Å². The summed E-state index contributed by atoms with van der Waals surface area (Å²) in [6, 6.07) is 6.34. The molecule has 0 bridgehead atoms. The first-order chi connectivity index (χ1) is 8.72. The van der Waals surface area contributed by atoms with E-state index in [0.717, 1.165) is 33.3 Å². The third kappa shape index (κ3) is 3.42. The Morgan fingerprint density at radius 2 is 2.39 bits per heavy atom. The summed E-state index contributed by atoms with van der Waals surface area (Å²) < 4.78 is 6.25. The van der Waals surface area contributed by atoms with E-state index in [4.69, 9.17) is 9.73 Å². The van der Waals surface area contributed by atoms with E-state index in [0.29, 0.717) is 6.04 Å². The zero-order chi connectivity index (χ0) is 13.0. The Balaban J connectivity index is 2.15. The quantitative estimate of drug-likeness (QED) is 0.905. The van der Waals surface area contributed by atoms with Crippen LogP contribution in [0, 0.1) is 0 Å². The van der Waals surface area contributed by atoms with Gasteiger partial charge in [0.1, 0.15) is 5.75 Å². The van der Waals surface area contributed by atoms with Gasteiger partial charge in [-0.15, -0.1) is 0 Å². The molecule has 0 spiro atoms. The van der Waals surface area contributed by atoms with Crippen LogP contribution in [0.15, 0.2) is 27.7 Å². The van der Waals surface area contributed by atoms with Gasteiger partial charge >= 0.3 is 0 Å². The zero-order valence-corrected chi connectivity index (χ0v) is 13.0. The van der Waals surface area contributed by atoms with Crippen LogP contribution in [-0.4, -0.2) is 24.1 Å². The molecule has 0 fully saturated rings. The van der Waals surface area contributed by atoms with E-state index >= 15 is 0 Å². The number of hydrogen-bond donors (Lipinski definition) is 1. The molecule has 0 aromatic heterocycles. The van der Waals surface area contributed by atoms with Gasteiger partial charge in [-0.2, -0.15) is 0 Å². The number of hydrogen-bond acceptors (Lipinski definition) is 4. The molecule has 0 aliphatic carbocycles. The van der Waals surface area contributed by atoms with E-state index in [2.05, 4.69) is 28.2 Å². The average Bonchev–Trinajstić information content (AvgIpc) is 2.41. The first-order valence-corrected chi connectivity index (χ1v) is 7.82. The maximum atomic E-state index is 5.23. The minimum atomic E-state index is 0.457. The summed E-state index contributed by atoms with van der Waals surface area (Å²) in [6.45, 7) is 2.18. The number of nitrogens with one attached hydrogen (secondary N) is 1. The van der Waals surface area contributed by atoms with Gasteiger partial charge in [0.05, 0.1) is 18.8 Å². The molecule has 1 aliphatic rings. The molecule has 1 aromatic rings. The molecule has 1 aromatic carbocycles. The second-order valence-corrected chi connectivity index (χ2v) is 6.04. The molecule has 0 amide bonds. The molecule has 1 aliphatic heterocycles. The second-order valence-electron chi connectivity index (χ2n) is 4.10. The number of thioether (sulfide) groups is 1. The Kier molecular flexibility index (Phi) is 4.95. The summed E-state index contributed by atoms with van der Waals surface area (Å²) in [6.07, 6.45) is 2.27. The molecule has 2 rings (SSSR count). The maximum Gasteiger partial charge on any atom is 0.161 e. The lowest BCUT2D eigenvalue weighted by atomic mass is 10.2. The summed E-state index contributed by atoms with van der Waals surface area (Å²) >= 11 is 5.31. The highest BCUT2D eigenvalue weighted by Crippen LogP contribution is 2.29. The Morgan fingerprint density at radius 1 is 1.56 bits per heavy atom. The van der Waals surface area contributed by atoms with E-state index < -0.39 is 0 Å². The molecule has 5 heteroatoms. The van der Waals surface area contributed by atoms with Gasteiger partial charge < -0.3 is 10.1 Å². The summed E-state index contributed by atoms with van der Waals surface area (Å²) in [5.41, 5.74) is 0.998. The first kappa shape index (κ1) is 13.7. The van der Waals surface area contributed by atoms with Crippen molar-refractivity contribution < 1.29 is 4.74 Å². The number of methoxy groups -OCH3 is 1. The van der Waals surface area contributed by atoms with Gasteiger partial charge in [-0.1, -0.05) is 18.7 Å². The van der Waals surface area contributed by atoms with Gasteiger partial charge in [0.15, 0.2) is 5.17 Å². The average molecular weight is 329 g/mol. The normalized spacial score (nSPS) is 19.3. The van der Waals surface area contributed by atoms with Crippen molar-refractivity contribution >= 4 is 38.5 Å². The lowest BCUT2D eigenvalue weighted by Crippen LogP contribution is -2.19. The highest BCUT2D eigenvalue weighted by molar-refractivity contribution is 9.10.